The fourth-order valence-electron chi connectivity index (χ4n) is 2.44. The quantitative estimate of drug-likeness (QED) is 0.640. The standard InChI is InChI=1S/C21H21FN4O2/c1-14(2)28-18-9-7-17(8-10-18)26-20(27)16-12-24-21(25-13-16)23-11-15-5-3-4-6-19(15)22/h3-10,12-14H,11H2,1-2H3,(H,26,27)(H,23,24,25). The van der Waals surface area contributed by atoms with Crippen molar-refractivity contribution >= 4 is 17.5 Å². The van der Waals surface area contributed by atoms with Crippen LogP contribution in [0.1, 0.15) is 29.8 Å². The predicted molar refractivity (Wildman–Crippen MR) is 106 cm³/mol. The number of halogens is 1. The zero-order chi connectivity index (χ0) is 19.9. The van der Waals surface area contributed by atoms with Crippen molar-refractivity contribution in [1.82, 2.24) is 9.97 Å². The first-order valence-electron chi connectivity index (χ1n) is 8.88. The first-order chi connectivity index (χ1) is 13.5. The minimum absolute atomic E-state index is 0.0862. The Morgan fingerprint density at radius 2 is 1.75 bits per heavy atom. The topological polar surface area (TPSA) is 76.1 Å². The number of benzene rings is 2. The lowest BCUT2D eigenvalue weighted by Crippen LogP contribution is -2.13. The summed E-state index contributed by atoms with van der Waals surface area (Å²) in [5.41, 5.74) is 1.47. The highest BCUT2D eigenvalue weighted by molar-refractivity contribution is 6.03. The number of ether oxygens (including phenoxy) is 1. The summed E-state index contributed by atoms with van der Waals surface area (Å²) in [4.78, 5) is 20.5. The van der Waals surface area contributed by atoms with Crippen LogP contribution in [0.4, 0.5) is 16.0 Å². The molecule has 0 unspecified atom stereocenters. The molecule has 2 aromatic carbocycles. The number of carbonyl (C=O) groups excluding carboxylic acids is 1. The van der Waals surface area contributed by atoms with Gasteiger partial charge in [0.2, 0.25) is 5.95 Å². The number of amides is 1. The van der Waals surface area contributed by atoms with Gasteiger partial charge in [-0.05, 0) is 44.2 Å². The summed E-state index contributed by atoms with van der Waals surface area (Å²) in [6, 6.07) is 13.6. The van der Waals surface area contributed by atoms with E-state index in [2.05, 4.69) is 20.6 Å². The molecule has 0 saturated heterocycles. The maximum absolute atomic E-state index is 13.6. The average molecular weight is 380 g/mol. The van der Waals surface area contributed by atoms with Crippen LogP contribution >= 0.6 is 0 Å². The van der Waals surface area contributed by atoms with Crippen molar-refractivity contribution in [2.75, 3.05) is 10.6 Å². The highest BCUT2D eigenvalue weighted by atomic mass is 19.1. The van der Waals surface area contributed by atoms with Gasteiger partial charge in [0, 0.05) is 30.2 Å². The predicted octanol–water partition coefficient (Wildman–Crippen LogP) is 4.27. The number of rotatable bonds is 7. The molecule has 0 radical (unpaired) electrons. The summed E-state index contributed by atoms with van der Waals surface area (Å²) < 4.78 is 19.2. The molecule has 3 aromatic rings. The second-order valence-corrected chi connectivity index (χ2v) is 6.39. The molecule has 0 bridgehead atoms. The van der Waals surface area contributed by atoms with E-state index >= 15 is 0 Å². The van der Waals surface area contributed by atoms with Gasteiger partial charge < -0.3 is 15.4 Å². The molecular formula is C21H21FN4O2. The van der Waals surface area contributed by atoms with Crippen LogP contribution in [0.15, 0.2) is 60.9 Å². The van der Waals surface area contributed by atoms with E-state index in [1.165, 1.54) is 18.5 Å². The van der Waals surface area contributed by atoms with Crippen LogP contribution < -0.4 is 15.4 Å². The molecule has 0 saturated carbocycles. The fourth-order valence-corrected chi connectivity index (χ4v) is 2.44. The van der Waals surface area contributed by atoms with E-state index in [0.717, 1.165) is 5.75 Å². The molecule has 0 atom stereocenters. The first-order valence-corrected chi connectivity index (χ1v) is 8.88. The van der Waals surface area contributed by atoms with Crippen LogP contribution in [-0.2, 0) is 6.54 Å². The number of hydrogen-bond acceptors (Lipinski definition) is 5. The van der Waals surface area contributed by atoms with Gasteiger partial charge in [0.25, 0.3) is 5.91 Å². The SMILES string of the molecule is CC(C)Oc1ccc(NC(=O)c2cnc(NCc3ccccc3F)nc2)cc1. The Kier molecular flexibility index (Phi) is 6.16. The summed E-state index contributed by atoms with van der Waals surface area (Å²) in [7, 11) is 0. The number of nitrogens with zero attached hydrogens (tertiary/aromatic N) is 2. The van der Waals surface area contributed by atoms with Gasteiger partial charge in [-0.15, -0.1) is 0 Å². The maximum atomic E-state index is 13.6. The Balaban J connectivity index is 1.56. The van der Waals surface area contributed by atoms with Gasteiger partial charge in [0.15, 0.2) is 0 Å². The fraction of sp³-hybridized carbons (Fsp3) is 0.190. The van der Waals surface area contributed by atoms with E-state index in [-0.39, 0.29) is 24.4 Å². The summed E-state index contributed by atoms with van der Waals surface area (Å²) in [5.74, 6) is 0.436. The monoisotopic (exact) mass is 380 g/mol. The molecule has 7 heteroatoms. The molecule has 3 rings (SSSR count). The molecular weight excluding hydrogens is 359 g/mol. The van der Waals surface area contributed by atoms with E-state index in [1.807, 2.05) is 13.8 Å². The molecule has 2 N–H and O–H groups in total. The molecule has 0 fully saturated rings. The lowest BCUT2D eigenvalue weighted by molar-refractivity contribution is 0.102. The Morgan fingerprint density at radius 3 is 2.39 bits per heavy atom. The normalized spacial score (nSPS) is 10.6. The van der Waals surface area contributed by atoms with E-state index in [1.54, 1.807) is 42.5 Å². The van der Waals surface area contributed by atoms with Gasteiger partial charge in [0.05, 0.1) is 11.7 Å². The Labute approximate surface area is 162 Å². The largest absolute Gasteiger partial charge is 0.491 e. The molecule has 0 aliphatic rings. The van der Waals surface area contributed by atoms with Gasteiger partial charge in [0.1, 0.15) is 11.6 Å². The minimum atomic E-state index is -0.321. The van der Waals surface area contributed by atoms with E-state index < -0.39 is 0 Å². The summed E-state index contributed by atoms with van der Waals surface area (Å²) in [5, 5.41) is 5.71. The number of hydrogen-bond donors (Lipinski definition) is 2. The maximum Gasteiger partial charge on any atom is 0.258 e. The molecule has 0 aliphatic carbocycles. The van der Waals surface area contributed by atoms with Gasteiger partial charge in [-0.2, -0.15) is 0 Å². The van der Waals surface area contributed by atoms with Crippen LogP contribution in [0.5, 0.6) is 5.75 Å². The summed E-state index contributed by atoms with van der Waals surface area (Å²) in [6.45, 7) is 4.15. The average Bonchev–Trinajstić information content (AvgIpc) is 2.69. The second-order valence-electron chi connectivity index (χ2n) is 6.39. The lowest BCUT2D eigenvalue weighted by Gasteiger charge is -2.10. The van der Waals surface area contributed by atoms with Crippen LogP contribution in [0.2, 0.25) is 0 Å². The number of aromatic nitrogens is 2. The van der Waals surface area contributed by atoms with Gasteiger partial charge in [-0.3, -0.25) is 4.79 Å². The molecule has 0 spiro atoms. The zero-order valence-electron chi connectivity index (χ0n) is 15.6. The van der Waals surface area contributed by atoms with Gasteiger partial charge >= 0.3 is 0 Å². The van der Waals surface area contributed by atoms with Crippen LogP contribution in [-0.4, -0.2) is 22.0 Å². The van der Waals surface area contributed by atoms with Crippen LogP contribution in [0, 0.1) is 5.82 Å². The van der Waals surface area contributed by atoms with Crippen molar-refractivity contribution < 1.29 is 13.9 Å². The Morgan fingerprint density at radius 1 is 1.07 bits per heavy atom. The smallest absolute Gasteiger partial charge is 0.258 e. The van der Waals surface area contributed by atoms with Crippen molar-refractivity contribution in [2.24, 2.45) is 0 Å². The van der Waals surface area contributed by atoms with Crippen LogP contribution in [0.25, 0.3) is 0 Å². The molecule has 1 aromatic heterocycles. The third-order valence-corrected chi connectivity index (χ3v) is 3.79. The number of nitrogens with one attached hydrogen (secondary N) is 2. The number of anilines is 2. The van der Waals surface area contributed by atoms with Crippen molar-refractivity contribution in [3.8, 4) is 5.75 Å². The van der Waals surface area contributed by atoms with E-state index in [9.17, 15) is 9.18 Å². The highest BCUT2D eigenvalue weighted by Gasteiger charge is 2.09. The van der Waals surface area contributed by atoms with E-state index in [4.69, 9.17) is 4.74 Å². The lowest BCUT2D eigenvalue weighted by atomic mass is 10.2. The van der Waals surface area contributed by atoms with Crippen molar-refractivity contribution in [1.29, 1.82) is 0 Å². The summed E-state index contributed by atoms with van der Waals surface area (Å²) >= 11 is 0. The zero-order valence-corrected chi connectivity index (χ0v) is 15.6. The van der Waals surface area contributed by atoms with Gasteiger partial charge in [-0.25, -0.2) is 14.4 Å². The first kappa shape index (κ1) is 19.3. The molecule has 0 aliphatic heterocycles. The van der Waals surface area contributed by atoms with Gasteiger partial charge in [-0.1, -0.05) is 18.2 Å². The third-order valence-electron chi connectivity index (χ3n) is 3.79. The molecule has 144 valence electrons. The third kappa shape index (κ3) is 5.26. The molecule has 1 amide bonds. The summed E-state index contributed by atoms with van der Waals surface area (Å²) in [6.07, 6.45) is 2.92. The Hall–Kier alpha value is -3.48. The van der Waals surface area contributed by atoms with Crippen molar-refractivity contribution in [2.45, 2.75) is 26.5 Å². The molecule has 28 heavy (non-hydrogen) atoms. The van der Waals surface area contributed by atoms with Crippen molar-refractivity contribution in [3.63, 3.8) is 0 Å². The minimum Gasteiger partial charge on any atom is -0.491 e. The van der Waals surface area contributed by atoms with E-state index in [0.29, 0.717) is 22.8 Å². The second kappa shape index (κ2) is 8.94. The molecule has 1 heterocycles. The Bertz CT molecular complexity index is 928. The number of carbonyl (C=O) groups is 1. The van der Waals surface area contributed by atoms with Crippen molar-refractivity contribution in [3.05, 3.63) is 77.9 Å². The van der Waals surface area contributed by atoms with Crippen LogP contribution in [0.3, 0.4) is 0 Å². The molecule has 6 nitrogen and oxygen atoms in total. The highest BCUT2D eigenvalue weighted by Crippen LogP contribution is 2.17.